The average Bonchev–Trinajstić information content (AvgIpc) is 3.66. The van der Waals surface area contributed by atoms with Crippen LogP contribution in [0.5, 0.6) is 0 Å². The van der Waals surface area contributed by atoms with E-state index >= 15 is 0 Å². The predicted molar refractivity (Wildman–Crippen MR) is 158 cm³/mol. The van der Waals surface area contributed by atoms with Crippen LogP contribution in [0.1, 0.15) is 11.4 Å². The number of hydrogen-bond donors (Lipinski definition) is 3. The van der Waals surface area contributed by atoms with E-state index in [1.807, 2.05) is 16.7 Å². The van der Waals surface area contributed by atoms with E-state index in [-0.39, 0.29) is 12.1 Å². The highest BCUT2D eigenvalue weighted by Crippen LogP contribution is 2.27. The van der Waals surface area contributed by atoms with Crippen LogP contribution >= 0.6 is 0 Å². The molecule has 0 spiro atoms. The van der Waals surface area contributed by atoms with E-state index in [2.05, 4.69) is 55.5 Å². The Balaban J connectivity index is 0.000000480. The summed E-state index contributed by atoms with van der Waals surface area (Å²) in [4.78, 5) is 32.6. The van der Waals surface area contributed by atoms with Crippen LogP contribution in [0.3, 0.4) is 0 Å². The number of alkyl halides is 3. The number of aliphatic carboxylic acids is 1. The van der Waals surface area contributed by atoms with Gasteiger partial charge < -0.3 is 29.6 Å². The van der Waals surface area contributed by atoms with Gasteiger partial charge in [-0.25, -0.2) is 23.5 Å². The maximum absolute atomic E-state index is 14.2. The fourth-order valence-electron chi connectivity index (χ4n) is 5.01. The summed E-state index contributed by atoms with van der Waals surface area (Å²) in [6.45, 7) is 3.35. The van der Waals surface area contributed by atoms with Crippen LogP contribution in [0.25, 0.3) is 33.0 Å². The van der Waals surface area contributed by atoms with E-state index in [1.54, 1.807) is 6.33 Å². The molecule has 1 fully saturated rings. The van der Waals surface area contributed by atoms with Gasteiger partial charge in [-0.15, -0.1) is 0 Å². The van der Waals surface area contributed by atoms with Crippen molar-refractivity contribution >= 4 is 50.7 Å². The SMILES string of the molecule is Fc1ccc2[nH]c(CNc3nc(N4CCOCC4)nc4c3ncn4Cc3cccc4ccccc34)nc2c1F.O=C(O)C(F)(F)F. The Labute approximate surface area is 256 Å². The number of carbonyl (C=O) groups is 1. The number of carboxylic acids is 1. The minimum atomic E-state index is -5.08. The number of hydrogen-bond acceptors (Lipinski definition) is 8. The number of aromatic amines is 1. The van der Waals surface area contributed by atoms with Gasteiger partial charge in [0, 0.05) is 13.1 Å². The molecule has 11 nitrogen and oxygen atoms in total. The normalized spacial score (nSPS) is 13.6. The lowest BCUT2D eigenvalue weighted by molar-refractivity contribution is -0.192. The number of anilines is 2. The summed E-state index contributed by atoms with van der Waals surface area (Å²) in [7, 11) is 0. The first-order chi connectivity index (χ1) is 22.1. The fraction of sp³-hybridized carbons (Fsp3) is 0.233. The Bertz CT molecular complexity index is 2030. The minimum absolute atomic E-state index is 0.0343. The van der Waals surface area contributed by atoms with Gasteiger partial charge >= 0.3 is 12.1 Å². The summed E-state index contributed by atoms with van der Waals surface area (Å²) in [5.41, 5.74) is 2.85. The Morgan fingerprint density at radius 2 is 1.72 bits per heavy atom. The van der Waals surface area contributed by atoms with E-state index in [9.17, 15) is 22.0 Å². The number of aromatic nitrogens is 6. The van der Waals surface area contributed by atoms with Crippen molar-refractivity contribution in [2.24, 2.45) is 0 Å². The number of nitrogens with one attached hydrogen (secondary N) is 2. The molecule has 46 heavy (non-hydrogen) atoms. The third kappa shape index (κ3) is 6.37. The van der Waals surface area contributed by atoms with Gasteiger partial charge in [0.05, 0.1) is 38.1 Å². The monoisotopic (exact) mass is 640 g/mol. The molecule has 0 saturated carbocycles. The molecule has 238 valence electrons. The molecule has 1 aliphatic heterocycles. The highest BCUT2D eigenvalue weighted by atomic mass is 19.4. The van der Waals surface area contributed by atoms with E-state index in [4.69, 9.17) is 24.6 Å². The van der Waals surface area contributed by atoms with Crippen molar-refractivity contribution in [2.45, 2.75) is 19.3 Å². The molecule has 0 radical (unpaired) electrons. The zero-order valence-electron chi connectivity index (χ0n) is 23.9. The number of rotatable bonds is 6. The molecular formula is C30H25F5N8O3. The molecule has 0 unspecified atom stereocenters. The third-order valence-electron chi connectivity index (χ3n) is 7.23. The second-order valence-electron chi connectivity index (χ2n) is 10.3. The molecule has 4 heterocycles. The van der Waals surface area contributed by atoms with Gasteiger partial charge in [0.25, 0.3) is 0 Å². The number of halogens is 5. The second kappa shape index (κ2) is 12.5. The predicted octanol–water partition coefficient (Wildman–Crippen LogP) is 5.26. The average molecular weight is 641 g/mol. The maximum atomic E-state index is 14.2. The van der Waals surface area contributed by atoms with E-state index in [1.165, 1.54) is 16.8 Å². The first kappa shape index (κ1) is 30.6. The molecule has 0 atom stereocenters. The summed E-state index contributed by atoms with van der Waals surface area (Å²) in [5.74, 6) is -3.10. The lowest BCUT2D eigenvalue weighted by Gasteiger charge is -2.27. The molecule has 0 bridgehead atoms. The van der Waals surface area contributed by atoms with Crippen molar-refractivity contribution in [2.75, 3.05) is 36.5 Å². The molecule has 3 aromatic carbocycles. The van der Waals surface area contributed by atoms with Crippen molar-refractivity contribution in [1.82, 2.24) is 29.5 Å². The van der Waals surface area contributed by atoms with Crippen molar-refractivity contribution in [1.29, 1.82) is 0 Å². The molecule has 3 aromatic heterocycles. The molecule has 16 heteroatoms. The van der Waals surface area contributed by atoms with Crippen LogP contribution in [-0.2, 0) is 22.6 Å². The van der Waals surface area contributed by atoms with E-state index < -0.39 is 23.8 Å². The number of carboxylic acid groups (broad SMARTS) is 1. The third-order valence-corrected chi connectivity index (χ3v) is 7.23. The van der Waals surface area contributed by atoms with Crippen LogP contribution in [-0.4, -0.2) is 73.0 Å². The van der Waals surface area contributed by atoms with Crippen LogP contribution in [0, 0.1) is 11.6 Å². The molecule has 3 N–H and O–H groups in total. The molecular weight excluding hydrogens is 615 g/mol. The van der Waals surface area contributed by atoms with Gasteiger partial charge in [-0.2, -0.15) is 23.1 Å². The second-order valence-corrected chi connectivity index (χ2v) is 10.3. The van der Waals surface area contributed by atoms with Crippen LogP contribution in [0.15, 0.2) is 60.9 Å². The number of morpholine rings is 1. The zero-order chi connectivity index (χ0) is 32.4. The largest absolute Gasteiger partial charge is 0.490 e. The smallest absolute Gasteiger partial charge is 0.475 e. The molecule has 7 rings (SSSR count). The number of nitrogens with zero attached hydrogens (tertiary/aromatic N) is 6. The Kier molecular flexibility index (Phi) is 8.36. The summed E-state index contributed by atoms with van der Waals surface area (Å²) >= 11 is 0. The van der Waals surface area contributed by atoms with E-state index in [0.29, 0.717) is 67.1 Å². The number of fused-ring (bicyclic) bond motifs is 3. The van der Waals surface area contributed by atoms with Gasteiger partial charge in [-0.05, 0) is 28.5 Å². The molecule has 0 aliphatic carbocycles. The lowest BCUT2D eigenvalue weighted by Crippen LogP contribution is -2.37. The lowest BCUT2D eigenvalue weighted by atomic mass is 10.0. The Morgan fingerprint density at radius 3 is 2.48 bits per heavy atom. The van der Waals surface area contributed by atoms with Crippen molar-refractivity contribution in [3.8, 4) is 0 Å². The van der Waals surface area contributed by atoms with Crippen molar-refractivity contribution in [3.05, 3.63) is 83.9 Å². The van der Waals surface area contributed by atoms with Gasteiger partial charge in [-0.1, -0.05) is 42.5 Å². The number of imidazole rings is 2. The maximum Gasteiger partial charge on any atom is 0.490 e. The molecule has 1 saturated heterocycles. The molecule has 0 amide bonds. The van der Waals surface area contributed by atoms with Gasteiger partial charge in [0.1, 0.15) is 11.3 Å². The van der Waals surface area contributed by atoms with Crippen LogP contribution < -0.4 is 10.2 Å². The summed E-state index contributed by atoms with van der Waals surface area (Å²) < 4.78 is 67.1. The summed E-state index contributed by atoms with van der Waals surface area (Å²) in [6.07, 6.45) is -3.31. The first-order valence-electron chi connectivity index (χ1n) is 14.0. The Morgan fingerprint density at radius 1 is 0.978 bits per heavy atom. The summed E-state index contributed by atoms with van der Waals surface area (Å²) in [6, 6.07) is 17.1. The van der Waals surface area contributed by atoms with Crippen LogP contribution in [0.2, 0.25) is 0 Å². The standard InChI is InChI=1S/C28H24F2N8O.C2HF3O2/c29-20-8-9-21-24(23(20)30)34-22(33-21)14-31-26-25-27(36-28(35-26)37-10-12-39-13-11-37)38(16-32-25)15-18-6-3-5-17-4-1-2-7-19(17)18;3-2(4,5)1(6)7/h1-9,16H,10-15H2,(H,33,34)(H,31,35,36);(H,6,7). The summed E-state index contributed by atoms with van der Waals surface area (Å²) in [5, 5.41) is 12.8. The fourth-order valence-corrected chi connectivity index (χ4v) is 5.01. The highest BCUT2D eigenvalue weighted by molar-refractivity contribution is 5.87. The number of benzene rings is 3. The van der Waals surface area contributed by atoms with Crippen molar-refractivity contribution in [3.63, 3.8) is 0 Å². The highest BCUT2D eigenvalue weighted by Gasteiger charge is 2.38. The van der Waals surface area contributed by atoms with E-state index in [0.717, 1.165) is 11.6 Å². The van der Waals surface area contributed by atoms with Gasteiger partial charge in [0.2, 0.25) is 5.95 Å². The topological polar surface area (TPSA) is 134 Å². The van der Waals surface area contributed by atoms with Crippen LogP contribution in [0.4, 0.5) is 33.7 Å². The van der Waals surface area contributed by atoms with Gasteiger partial charge in [0.15, 0.2) is 28.6 Å². The number of H-pyrrole nitrogens is 1. The Hall–Kier alpha value is -5.38. The number of ether oxygens (including phenoxy) is 1. The minimum Gasteiger partial charge on any atom is -0.475 e. The zero-order valence-corrected chi connectivity index (χ0v) is 23.9. The van der Waals surface area contributed by atoms with Crippen molar-refractivity contribution < 1.29 is 36.6 Å². The first-order valence-corrected chi connectivity index (χ1v) is 14.0. The quantitative estimate of drug-likeness (QED) is 0.208. The molecule has 1 aliphatic rings. The molecule has 6 aromatic rings. The van der Waals surface area contributed by atoms with Gasteiger partial charge in [-0.3, -0.25) is 0 Å².